The zero-order chi connectivity index (χ0) is 28.5. The fourth-order valence-corrected chi connectivity index (χ4v) is 9.44. The molecule has 4 aromatic rings. The zero-order valence-corrected chi connectivity index (χ0v) is 26.1. The van der Waals surface area contributed by atoms with E-state index in [0.29, 0.717) is 11.1 Å². The maximum absolute atomic E-state index is 13.7. The molecule has 0 radical (unpaired) electrons. The van der Waals surface area contributed by atoms with Crippen LogP contribution in [0.1, 0.15) is 62.3 Å². The average molecular weight is 579 g/mol. The maximum atomic E-state index is 13.7. The molecule has 0 amide bonds. The van der Waals surface area contributed by atoms with Crippen molar-refractivity contribution in [3.63, 3.8) is 0 Å². The summed E-state index contributed by atoms with van der Waals surface area (Å²) in [5.41, 5.74) is 3.52. The predicted molar refractivity (Wildman–Crippen MR) is 167 cm³/mol. The van der Waals surface area contributed by atoms with Gasteiger partial charge in [-0.05, 0) is 11.1 Å². The van der Waals surface area contributed by atoms with Crippen LogP contribution in [-0.2, 0) is 9.47 Å². The molecule has 0 fully saturated rings. The van der Waals surface area contributed by atoms with Gasteiger partial charge in [0.2, 0.25) is 0 Å². The van der Waals surface area contributed by atoms with E-state index < -0.39 is 11.9 Å². The highest BCUT2D eigenvalue weighted by Gasteiger charge is 2.35. The van der Waals surface area contributed by atoms with Gasteiger partial charge in [-0.3, -0.25) is 0 Å². The molecule has 1 heterocycles. The minimum atomic E-state index is -0.573. The van der Waals surface area contributed by atoms with Crippen LogP contribution in [0.25, 0.3) is 33.0 Å². The Morgan fingerprint density at radius 3 is 1.23 bits per heavy atom. The summed E-state index contributed by atoms with van der Waals surface area (Å²) in [6.07, 6.45) is 0. The summed E-state index contributed by atoms with van der Waals surface area (Å²) in [5.74, 6) is -1.15. The van der Waals surface area contributed by atoms with Gasteiger partial charge in [0.1, 0.15) is 0 Å². The number of hydrogen-bond acceptors (Lipinski definition) is 7. The molecule has 7 heteroatoms. The average Bonchev–Trinajstić information content (AvgIpc) is 3.21. The number of methoxy groups -OCH3 is 2. The van der Waals surface area contributed by atoms with Crippen LogP contribution >= 0.6 is 34.9 Å². The molecular formula is C32H34O4S3. The highest BCUT2D eigenvalue weighted by molar-refractivity contribution is 8.05. The van der Waals surface area contributed by atoms with Crippen molar-refractivity contribution in [2.24, 2.45) is 0 Å². The van der Waals surface area contributed by atoms with E-state index in [4.69, 9.17) is 9.47 Å². The minimum absolute atomic E-state index is 0.0885. The Kier molecular flexibility index (Phi) is 8.55. The van der Waals surface area contributed by atoms with E-state index in [0.717, 1.165) is 30.3 Å². The van der Waals surface area contributed by atoms with Crippen LogP contribution in [0.15, 0.2) is 69.1 Å². The number of hydrogen-bond donors (Lipinski definition) is 0. The largest absolute Gasteiger partial charge is 0.465 e. The van der Waals surface area contributed by atoms with Crippen LogP contribution in [0.3, 0.4) is 0 Å². The van der Waals surface area contributed by atoms with E-state index in [2.05, 4.69) is 41.5 Å². The van der Waals surface area contributed by atoms with Crippen molar-refractivity contribution in [1.82, 2.24) is 0 Å². The third kappa shape index (κ3) is 6.21. The normalized spacial score (nSPS) is 12.0. The summed E-state index contributed by atoms with van der Waals surface area (Å²) in [7, 11) is 2.70. The van der Waals surface area contributed by atoms with Crippen LogP contribution in [0, 0.1) is 0 Å². The Balaban J connectivity index is 2.38. The first-order chi connectivity index (χ1) is 18.4. The van der Waals surface area contributed by atoms with Crippen LogP contribution in [0.2, 0.25) is 0 Å². The Morgan fingerprint density at radius 1 is 0.615 bits per heavy atom. The maximum Gasteiger partial charge on any atom is 0.339 e. The van der Waals surface area contributed by atoms with Crippen molar-refractivity contribution in [2.45, 2.75) is 59.5 Å². The Labute approximate surface area is 243 Å². The molecule has 0 aliphatic heterocycles. The number of carbonyl (C=O) groups is 2. The highest BCUT2D eigenvalue weighted by atomic mass is 32.2. The minimum Gasteiger partial charge on any atom is -0.465 e. The summed E-state index contributed by atoms with van der Waals surface area (Å²) in [5, 5.41) is 1.93. The van der Waals surface area contributed by atoms with Gasteiger partial charge in [-0.1, -0.05) is 102 Å². The van der Waals surface area contributed by atoms with Gasteiger partial charge in [0.15, 0.2) is 0 Å². The smallest absolute Gasteiger partial charge is 0.339 e. The van der Waals surface area contributed by atoms with Gasteiger partial charge in [-0.25, -0.2) is 9.59 Å². The lowest BCUT2D eigenvalue weighted by atomic mass is 9.85. The lowest BCUT2D eigenvalue weighted by Gasteiger charge is -2.22. The molecule has 204 valence electrons. The molecule has 0 saturated heterocycles. The van der Waals surface area contributed by atoms with E-state index in [9.17, 15) is 9.59 Å². The van der Waals surface area contributed by atoms with Gasteiger partial charge in [0, 0.05) is 31.4 Å². The first-order valence-corrected chi connectivity index (χ1v) is 15.1. The van der Waals surface area contributed by atoms with E-state index in [1.807, 2.05) is 60.7 Å². The summed E-state index contributed by atoms with van der Waals surface area (Å²) in [6, 6.07) is 19.6. The van der Waals surface area contributed by atoms with Crippen LogP contribution < -0.4 is 0 Å². The third-order valence-corrected chi connectivity index (χ3v) is 9.58. The number of esters is 2. The van der Waals surface area contributed by atoms with Gasteiger partial charge >= 0.3 is 11.9 Å². The second kappa shape index (κ2) is 11.4. The lowest BCUT2D eigenvalue weighted by molar-refractivity contribution is 0.0557. The van der Waals surface area contributed by atoms with Gasteiger partial charge in [0.25, 0.3) is 0 Å². The molecule has 0 aliphatic rings. The number of benzene rings is 3. The quantitative estimate of drug-likeness (QED) is 0.168. The predicted octanol–water partition coefficient (Wildman–Crippen LogP) is 9.59. The summed E-state index contributed by atoms with van der Waals surface area (Å²) in [6.45, 7) is 13.1. The standard InChI is InChI=1S/C32H34O4S3/c1-31(2,3)38-29-25-21(19-15-11-9-12-16-19)23(27(33)35-7)24(28(34)36-8)22(20-17-13-10-14-18-20)26(25)30(37-29)39-32(4,5)6/h9-18H,1-8H3. The van der Waals surface area contributed by atoms with Gasteiger partial charge < -0.3 is 9.47 Å². The van der Waals surface area contributed by atoms with Gasteiger partial charge in [-0.15, -0.1) is 34.9 Å². The summed E-state index contributed by atoms with van der Waals surface area (Å²) >= 11 is 5.27. The van der Waals surface area contributed by atoms with E-state index in [-0.39, 0.29) is 20.6 Å². The lowest BCUT2D eigenvalue weighted by Crippen LogP contribution is -2.16. The molecule has 0 spiro atoms. The Hall–Kier alpha value is -2.74. The third-order valence-electron chi connectivity index (χ3n) is 5.80. The first-order valence-electron chi connectivity index (χ1n) is 12.7. The van der Waals surface area contributed by atoms with Crippen LogP contribution in [0.5, 0.6) is 0 Å². The van der Waals surface area contributed by atoms with Gasteiger partial charge in [-0.2, -0.15) is 0 Å². The number of ether oxygens (including phenoxy) is 2. The van der Waals surface area contributed by atoms with Gasteiger partial charge in [0.05, 0.1) is 33.8 Å². The van der Waals surface area contributed by atoms with E-state index in [1.54, 1.807) is 34.9 Å². The molecule has 0 saturated carbocycles. The number of thiophene rings is 1. The monoisotopic (exact) mass is 578 g/mol. The highest BCUT2D eigenvalue weighted by Crippen LogP contribution is 2.56. The molecule has 0 unspecified atom stereocenters. The van der Waals surface area contributed by atoms with Crippen molar-refractivity contribution in [1.29, 1.82) is 0 Å². The topological polar surface area (TPSA) is 52.6 Å². The molecule has 0 bridgehead atoms. The van der Waals surface area contributed by atoms with Crippen molar-refractivity contribution >= 4 is 57.6 Å². The fourth-order valence-electron chi connectivity index (χ4n) is 4.44. The fraction of sp³-hybridized carbons (Fsp3) is 0.312. The Bertz CT molecular complexity index is 1400. The van der Waals surface area contributed by atoms with Crippen molar-refractivity contribution < 1.29 is 19.1 Å². The summed E-state index contributed by atoms with van der Waals surface area (Å²) in [4.78, 5) is 27.3. The molecule has 0 atom stereocenters. The molecule has 4 rings (SSSR count). The first kappa shape index (κ1) is 29.2. The van der Waals surface area contributed by atoms with E-state index in [1.165, 1.54) is 14.2 Å². The number of carbonyl (C=O) groups excluding carboxylic acids is 2. The number of fused-ring (bicyclic) bond motifs is 1. The van der Waals surface area contributed by atoms with Crippen molar-refractivity contribution in [2.75, 3.05) is 14.2 Å². The molecule has 0 aliphatic carbocycles. The van der Waals surface area contributed by atoms with Crippen LogP contribution in [0.4, 0.5) is 0 Å². The molecule has 1 aromatic heterocycles. The number of rotatable bonds is 6. The molecule has 3 aromatic carbocycles. The van der Waals surface area contributed by atoms with Crippen molar-refractivity contribution in [3.05, 3.63) is 71.8 Å². The SMILES string of the molecule is COC(=O)c1c(C(=O)OC)c(-c2ccccc2)c2c(SC(C)(C)C)sc(SC(C)(C)C)c2c1-c1ccccc1. The molecule has 0 N–H and O–H groups in total. The van der Waals surface area contributed by atoms with Crippen LogP contribution in [-0.4, -0.2) is 35.7 Å². The zero-order valence-electron chi connectivity index (χ0n) is 23.6. The molecule has 4 nitrogen and oxygen atoms in total. The van der Waals surface area contributed by atoms with Crippen molar-refractivity contribution in [3.8, 4) is 22.3 Å². The molecule has 39 heavy (non-hydrogen) atoms. The van der Waals surface area contributed by atoms with E-state index >= 15 is 0 Å². The molecular weight excluding hydrogens is 545 g/mol. The second-order valence-electron chi connectivity index (χ2n) is 11.1. The summed E-state index contributed by atoms with van der Waals surface area (Å²) < 4.78 is 12.7. The number of thioether (sulfide) groups is 2. The Morgan fingerprint density at radius 2 is 0.949 bits per heavy atom. The second-order valence-corrected chi connectivity index (χ2v) is 16.3.